The summed E-state index contributed by atoms with van der Waals surface area (Å²) in [5.41, 5.74) is 2.56. The van der Waals surface area contributed by atoms with Gasteiger partial charge in [-0.3, -0.25) is 5.10 Å². The summed E-state index contributed by atoms with van der Waals surface area (Å²) in [5.74, 6) is 0.514. The van der Waals surface area contributed by atoms with Crippen LogP contribution in [0.25, 0.3) is 17.6 Å². The van der Waals surface area contributed by atoms with E-state index in [1.54, 1.807) is 0 Å². The number of aryl methyl sites for hydroxylation is 1. The number of nitrogens with zero attached hydrogens (tertiary/aromatic N) is 4. The van der Waals surface area contributed by atoms with Crippen molar-refractivity contribution in [1.82, 2.24) is 25.1 Å². The first kappa shape index (κ1) is 15.4. The molecule has 0 unspecified atom stereocenters. The van der Waals surface area contributed by atoms with Gasteiger partial charge in [-0.05, 0) is 36.8 Å². The molecule has 2 aromatic heterocycles. The highest BCUT2D eigenvalue weighted by atomic mass is 35.5. The van der Waals surface area contributed by atoms with E-state index in [0.29, 0.717) is 21.3 Å². The first-order chi connectivity index (χ1) is 11.1. The minimum Gasteiger partial charge on any atom is -0.282 e. The van der Waals surface area contributed by atoms with Crippen LogP contribution < -0.4 is 0 Å². The van der Waals surface area contributed by atoms with Crippen molar-refractivity contribution in [3.63, 3.8) is 0 Å². The molecule has 2 N–H and O–H groups in total. The van der Waals surface area contributed by atoms with E-state index in [-0.39, 0.29) is 0 Å². The first-order valence-corrected chi connectivity index (χ1v) is 7.58. The lowest BCUT2D eigenvalue weighted by molar-refractivity contribution is 0.866. The summed E-state index contributed by atoms with van der Waals surface area (Å²) in [6.45, 7) is 1.91. The van der Waals surface area contributed by atoms with E-state index in [9.17, 15) is 0 Å². The number of hydrogen-bond donors (Lipinski definition) is 2. The maximum absolute atomic E-state index is 6.20. The van der Waals surface area contributed by atoms with Crippen molar-refractivity contribution in [3.05, 3.63) is 57.5 Å². The Hall–Kier alpha value is -2.51. The van der Waals surface area contributed by atoms with Gasteiger partial charge in [0.25, 0.3) is 0 Å². The molecule has 3 aromatic rings. The average Bonchev–Trinajstić information content (AvgIpc) is 3.12. The van der Waals surface area contributed by atoms with Crippen LogP contribution in [0.1, 0.15) is 11.3 Å². The van der Waals surface area contributed by atoms with E-state index >= 15 is 0 Å². The van der Waals surface area contributed by atoms with Gasteiger partial charge in [0.15, 0.2) is 0 Å². The number of rotatable bonds is 4. The summed E-state index contributed by atoms with van der Waals surface area (Å²) >= 11 is 11.4. The molecule has 0 aliphatic carbocycles. The maximum Gasteiger partial charge on any atom is 0.216 e. The summed E-state index contributed by atoms with van der Waals surface area (Å²) < 4.78 is 1.84. The Balaban J connectivity index is 1.90. The Bertz CT molecular complexity index is 919. The third kappa shape index (κ3) is 3.64. The van der Waals surface area contributed by atoms with Gasteiger partial charge in [0.05, 0.1) is 11.2 Å². The van der Waals surface area contributed by atoms with Crippen LogP contribution in [0.2, 0.25) is 0 Å². The van der Waals surface area contributed by atoms with Gasteiger partial charge in [0.2, 0.25) is 10.6 Å². The molecular formula is C15H13ClN6S. The van der Waals surface area contributed by atoms with E-state index in [1.807, 2.05) is 49.4 Å². The second-order valence-electron chi connectivity index (χ2n) is 4.78. The third-order valence-electron chi connectivity index (χ3n) is 2.99. The number of allylic oxidation sites excluding steroid dienone is 1. The quantitative estimate of drug-likeness (QED) is 0.559. The molecule has 2 heterocycles. The number of benzene rings is 1. The molecule has 0 fully saturated rings. The van der Waals surface area contributed by atoms with Crippen molar-refractivity contribution in [2.45, 2.75) is 6.92 Å². The Kier molecular flexibility index (Phi) is 4.50. The fourth-order valence-corrected chi connectivity index (χ4v) is 2.30. The second kappa shape index (κ2) is 6.72. The predicted molar refractivity (Wildman–Crippen MR) is 93.9 cm³/mol. The third-order valence-corrected chi connectivity index (χ3v) is 3.46. The highest BCUT2D eigenvalue weighted by Crippen LogP contribution is 2.15. The van der Waals surface area contributed by atoms with Gasteiger partial charge in [-0.15, -0.1) is 0 Å². The molecule has 1 aromatic carbocycles. The molecule has 0 spiro atoms. The number of aromatic nitrogens is 5. The van der Waals surface area contributed by atoms with Crippen LogP contribution in [-0.2, 0) is 0 Å². The molecule has 3 rings (SSSR count). The Morgan fingerprint density at radius 3 is 2.74 bits per heavy atom. The lowest BCUT2D eigenvalue weighted by Crippen LogP contribution is -1.94. The van der Waals surface area contributed by atoms with Gasteiger partial charge >= 0.3 is 0 Å². The van der Waals surface area contributed by atoms with E-state index < -0.39 is 0 Å². The molecule has 0 bridgehead atoms. The van der Waals surface area contributed by atoms with Gasteiger partial charge in [-0.2, -0.15) is 20.0 Å². The molecule has 6 nitrogen and oxygen atoms in total. The monoisotopic (exact) mass is 344 g/mol. The molecule has 23 heavy (non-hydrogen) atoms. The molecular weight excluding hydrogens is 332 g/mol. The number of aromatic amines is 2. The van der Waals surface area contributed by atoms with Crippen molar-refractivity contribution in [1.29, 1.82) is 0 Å². The Morgan fingerprint density at radius 2 is 2.04 bits per heavy atom. The molecule has 0 saturated carbocycles. The molecule has 0 saturated heterocycles. The predicted octanol–water partition coefficient (Wildman–Crippen LogP) is 3.75. The van der Waals surface area contributed by atoms with Gasteiger partial charge in [-0.1, -0.05) is 41.9 Å². The lowest BCUT2D eigenvalue weighted by atomic mass is 10.2. The van der Waals surface area contributed by atoms with Gasteiger partial charge < -0.3 is 0 Å². The summed E-state index contributed by atoms with van der Waals surface area (Å²) in [6.07, 6.45) is 3.33. The van der Waals surface area contributed by atoms with Crippen molar-refractivity contribution in [2.24, 2.45) is 5.10 Å². The van der Waals surface area contributed by atoms with Crippen molar-refractivity contribution >= 4 is 36.1 Å². The highest BCUT2D eigenvalue weighted by molar-refractivity contribution is 7.71. The smallest absolute Gasteiger partial charge is 0.216 e. The summed E-state index contributed by atoms with van der Waals surface area (Å²) in [4.78, 5) is 0. The minimum atomic E-state index is 0.362. The van der Waals surface area contributed by atoms with Crippen LogP contribution in [0.15, 0.2) is 46.5 Å². The number of nitrogens with one attached hydrogen (secondary N) is 2. The fraction of sp³-hybridized carbons (Fsp3) is 0.0667. The Morgan fingerprint density at radius 1 is 1.26 bits per heavy atom. The van der Waals surface area contributed by atoms with Crippen LogP contribution in [0, 0.1) is 11.7 Å². The number of hydrogen-bond acceptors (Lipinski definition) is 4. The maximum atomic E-state index is 6.20. The molecule has 116 valence electrons. The van der Waals surface area contributed by atoms with Gasteiger partial charge in [0, 0.05) is 5.69 Å². The number of halogens is 1. The standard InChI is InChI=1S/C15H13ClN6S/c1-10-7-13(19-18-10)14-20-21-15(23)22(14)17-9-12(16)8-11-5-3-2-4-6-11/h2-9H,1H3,(H,18,19)(H,21,23)/b12-8+,17-9-. The van der Waals surface area contributed by atoms with Crippen LogP contribution in [0.4, 0.5) is 0 Å². The lowest BCUT2D eigenvalue weighted by Gasteiger charge is -1.97. The fourth-order valence-electron chi connectivity index (χ4n) is 1.96. The SMILES string of the molecule is Cc1cc(-c2n[nH]c(=S)n2/N=C\C(Cl)=C/c2ccccc2)n[nH]1. The normalized spacial score (nSPS) is 12.2. The molecule has 8 heteroatoms. The molecule has 0 aliphatic heterocycles. The molecule has 0 radical (unpaired) electrons. The zero-order chi connectivity index (χ0) is 16.2. The second-order valence-corrected chi connectivity index (χ2v) is 5.61. The van der Waals surface area contributed by atoms with E-state index in [0.717, 1.165) is 11.3 Å². The van der Waals surface area contributed by atoms with E-state index in [4.69, 9.17) is 23.8 Å². The van der Waals surface area contributed by atoms with Crippen LogP contribution in [0.3, 0.4) is 0 Å². The zero-order valence-electron chi connectivity index (χ0n) is 12.2. The van der Waals surface area contributed by atoms with Crippen molar-refractivity contribution < 1.29 is 0 Å². The van der Waals surface area contributed by atoms with Crippen molar-refractivity contribution in [3.8, 4) is 11.5 Å². The van der Waals surface area contributed by atoms with Crippen LogP contribution >= 0.6 is 23.8 Å². The van der Waals surface area contributed by atoms with Gasteiger partial charge in [-0.25, -0.2) is 5.10 Å². The minimum absolute atomic E-state index is 0.362. The van der Waals surface area contributed by atoms with Gasteiger partial charge in [0.1, 0.15) is 5.69 Å². The Labute approximate surface area is 142 Å². The molecule has 0 atom stereocenters. The van der Waals surface area contributed by atoms with Crippen LogP contribution in [-0.4, -0.2) is 31.3 Å². The van der Waals surface area contributed by atoms with E-state index in [2.05, 4.69) is 25.5 Å². The largest absolute Gasteiger partial charge is 0.282 e. The summed E-state index contributed by atoms with van der Waals surface area (Å²) in [7, 11) is 0. The topological polar surface area (TPSA) is 74.7 Å². The molecule has 0 amide bonds. The highest BCUT2D eigenvalue weighted by Gasteiger charge is 2.10. The summed E-state index contributed by atoms with van der Waals surface area (Å²) in [6, 6.07) is 11.6. The average molecular weight is 345 g/mol. The van der Waals surface area contributed by atoms with E-state index in [1.165, 1.54) is 10.9 Å². The first-order valence-electron chi connectivity index (χ1n) is 6.80. The van der Waals surface area contributed by atoms with Crippen molar-refractivity contribution in [2.75, 3.05) is 0 Å². The number of H-pyrrole nitrogens is 2. The summed E-state index contributed by atoms with van der Waals surface area (Å²) in [5, 5.41) is 18.6. The molecule has 0 aliphatic rings. The zero-order valence-corrected chi connectivity index (χ0v) is 13.8. The van der Waals surface area contributed by atoms with Crippen LogP contribution in [0.5, 0.6) is 0 Å².